The smallest absolute Gasteiger partial charge is 0.315 e. The van der Waals surface area contributed by atoms with Crippen molar-refractivity contribution < 1.29 is 18.4 Å². The molecule has 26 heavy (non-hydrogen) atoms. The Hall–Kier alpha value is -2.48. The van der Waals surface area contributed by atoms with Gasteiger partial charge < -0.3 is 15.5 Å². The minimum absolute atomic E-state index is 0.115. The molecule has 1 atom stereocenters. The number of carbonyl (C=O) groups is 2. The monoisotopic (exact) mass is 379 g/mol. The van der Waals surface area contributed by atoms with Crippen LogP contribution < -0.4 is 10.6 Å². The van der Waals surface area contributed by atoms with Gasteiger partial charge in [0.2, 0.25) is 5.91 Å². The molecule has 0 spiro atoms. The minimum atomic E-state index is -0.968. The molecule has 1 unspecified atom stereocenters. The zero-order valence-electron chi connectivity index (χ0n) is 14.2. The normalized spacial score (nSPS) is 14.5. The van der Waals surface area contributed by atoms with Gasteiger partial charge in [0.1, 0.15) is 0 Å². The van der Waals surface area contributed by atoms with Crippen molar-refractivity contribution in [3.63, 3.8) is 0 Å². The van der Waals surface area contributed by atoms with E-state index in [1.165, 1.54) is 10.9 Å². The molecule has 0 bridgehead atoms. The summed E-state index contributed by atoms with van der Waals surface area (Å²) in [6, 6.07) is 4.41. The van der Waals surface area contributed by atoms with Crippen molar-refractivity contribution in [3.05, 3.63) is 57.3 Å². The quantitative estimate of drug-likeness (QED) is 0.858. The number of nitrogens with one attached hydrogen (secondary N) is 2. The van der Waals surface area contributed by atoms with Crippen LogP contribution in [-0.4, -0.2) is 29.9 Å². The molecule has 3 amide bonds. The van der Waals surface area contributed by atoms with Crippen LogP contribution in [0.5, 0.6) is 0 Å². The first-order valence-corrected chi connectivity index (χ1v) is 9.14. The number of halogens is 2. The highest BCUT2D eigenvalue weighted by Gasteiger charge is 2.22. The second-order valence-electron chi connectivity index (χ2n) is 6.16. The first-order chi connectivity index (χ1) is 12.4. The van der Waals surface area contributed by atoms with Gasteiger partial charge in [0.15, 0.2) is 11.6 Å². The SMILES string of the molecule is CC(NC(=O)NCC(=O)N1CCc2sccc2C1)c1ccc(F)c(F)c1. The maximum atomic E-state index is 13.3. The van der Waals surface area contributed by atoms with Crippen molar-refractivity contribution in [1.82, 2.24) is 15.5 Å². The van der Waals surface area contributed by atoms with E-state index in [4.69, 9.17) is 0 Å². The van der Waals surface area contributed by atoms with Crippen molar-refractivity contribution in [1.29, 1.82) is 0 Å². The molecule has 1 aromatic heterocycles. The summed E-state index contributed by atoms with van der Waals surface area (Å²) < 4.78 is 26.2. The van der Waals surface area contributed by atoms with Gasteiger partial charge in [-0.3, -0.25) is 4.79 Å². The topological polar surface area (TPSA) is 61.4 Å². The number of urea groups is 1. The van der Waals surface area contributed by atoms with E-state index < -0.39 is 23.7 Å². The van der Waals surface area contributed by atoms with E-state index in [0.29, 0.717) is 18.7 Å². The molecule has 2 aromatic rings. The molecule has 8 heteroatoms. The van der Waals surface area contributed by atoms with Gasteiger partial charge in [-0.2, -0.15) is 0 Å². The number of benzene rings is 1. The van der Waals surface area contributed by atoms with Gasteiger partial charge in [0.25, 0.3) is 0 Å². The molecule has 5 nitrogen and oxygen atoms in total. The van der Waals surface area contributed by atoms with Crippen LogP contribution in [0, 0.1) is 11.6 Å². The molecule has 138 valence electrons. The number of nitrogens with zero attached hydrogens (tertiary/aromatic N) is 1. The molecule has 0 fully saturated rings. The Morgan fingerprint density at radius 1 is 1.27 bits per heavy atom. The number of thiophene rings is 1. The van der Waals surface area contributed by atoms with Crippen LogP contribution in [0.4, 0.5) is 13.6 Å². The summed E-state index contributed by atoms with van der Waals surface area (Å²) in [5.41, 5.74) is 1.59. The van der Waals surface area contributed by atoms with Gasteiger partial charge in [-0.25, -0.2) is 13.6 Å². The van der Waals surface area contributed by atoms with Crippen LogP contribution in [0.3, 0.4) is 0 Å². The van der Waals surface area contributed by atoms with Crippen molar-refractivity contribution in [2.75, 3.05) is 13.1 Å². The Kier molecular flexibility index (Phi) is 5.51. The number of hydrogen-bond acceptors (Lipinski definition) is 3. The summed E-state index contributed by atoms with van der Waals surface area (Å²) in [4.78, 5) is 27.3. The Morgan fingerprint density at radius 2 is 2.08 bits per heavy atom. The summed E-state index contributed by atoms with van der Waals surface area (Å²) in [5, 5.41) is 7.14. The van der Waals surface area contributed by atoms with Crippen LogP contribution >= 0.6 is 11.3 Å². The Morgan fingerprint density at radius 3 is 2.85 bits per heavy atom. The summed E-state index contributed by atoms with van der Waals surface area (Å²) in [5.74, 6) is -2.06. The maximum absolute atomic E-state index is 13.3. The molecule has 1 aromatic carbocycles. The van der Waals surface area contributed by atoms with E-state index in [0.717, 1.165) is 24.1 Å². The minimum Gasteiger partial charge on any atom is -0.336 e. The van der Waals surface area contributed by atoms with E-state index in [-0.39, 0.29) is 12.5 Å². The lowest BCUT2D eigenvalue weighted by Gasteiger charge is -2.27. The lowest BCUT2D eigenvalue weighted by Crippen LogP contribution is -2.45. The first kappa shape index (κ1) is 18.3. The average Bonchev–Trinajstić information content (AvgIpc) is 3.09. The molecule has 2 heterocycles. The highest BCUT2D eigenvalue weighted by Crippen LogP contribution is 2.23. The van der Waals surface area contributed by atoms with E-state index in [2.05, 4.69) is 10.6 Å². The summed E-state index contributed by atoms with van der Waals surface area (Å²) in [6.45, 7) is 2.74. The van der Waals surface area contributed by atoms with Crippen LogP contribution in [0.2, 0.25) is 0 Å². The molecule has 1 aliphatic heterocycles. The molecule has 0 saturated heterocycles. The van der Waals surface area contributed by atoms with Gasteiger partial charge in [0.05, 0.1) is 12.6 Å². The Bertz CT molecular complexity index is 825. The Labute approximate surface area is 154 Å². The molecule has 2 N–H and O–H groups in total. The van der Waals surface area contributed by atoms with Gasteiger partial charge >= 0.3 is 6.03 Å². The third-order valence-corrected chi connectivity index (χ3v) is 5.37. The third kappa shape index (κ3) is 4.19. The van der Waals surface area contributed by atoms with Crippen LogP contribution in [0.25, 0.3) is 0 Å². The zero-order valence-corrected chi connectivity index (χ0v) is 15.0. The fourth-order valence-corrected chi connectivity index (χ4v) is 3.73. The summed E-state index contributed by atoms with van der Waals surface area (Å²) >= 11 is 1.70. The van der Waals surface area contributed by atoms with Gasteiger partial charge in [-0.1, -0.05) is 6.07 Å². The Balaban J connectivity index is 1.47. The van der Waals surface area contributed by atoms with Crippen LogP contribution in [-0.2, 0) is 17.8 Å². The van der Waals surface area contributed by atoms with Crippen molar-refractivity contribution in [2.45, 2.75) is 25.9 Å². The van der Waals surface area contributed by atoms with E-state index in [1.54, 1.807) is 23.2 Å². The fraction of sp³-hybridized carbons (Fsp3) is 0.333. The zero-order chi connectivity index (χ0) is 18.7. The molecular weight excluding hydrogens is 360 g/mol. The average molecular weight is 379 g/mol. The number of amides is 3. The maximum Gasteiger partial charge on any atom is 0.315 e. The standard InChI is InChI=1S/C18H19F2N3O2S/c1-11(12-2-3-14(19)15(20)8-12)22-18(25)21-9-17(24)23-6-4-16-13(10-23)5-7-26-16/h2-3,5,7-8,11H,4,6,9-10H2,1H3,(H2,21,22,25). The predicted molar refractivity (Wildman–Crippen MR) is 94.7 cm³/mol. The predicted octanol–water partition coefficient (Wildman–Crippen LogP) is 2.97. The van der Waals surface area contributed by atoms with Crippen molar-refractivity contribution in [2.24, 2.45) is 0 Å². The second kappa shape index (κ2) is 7.82. The second-order valence-corrected chi connectivity index (χ2v) is 7.16. The van der Waals surface area contributed by atoms with Crippen LogP contribution in [0.1, 0.15) is 29.0 Å². The lowest BCUT2D eigenvalue weighted by molar-refractivity contribution is -0.130. The largest absolute Gasteiger partial charge is 0.336 e. The number of fused-ring (bicyclic) bond motifs is 1. The number of rotatable bonds is 4. The van der Waals surface area contributed by atoms with E-state index in [9.17, 15) is 18.4 Å². The van der Waals surface area contributed by atoms with Gasteiger partial charge in [0, 0.05) is 18.0 Å². The highest BCUT2D eigenvalue weighted by molar-refractivity contribution is 7.10. The summed E-state index contributed by atoms with van der Waals surface area (Å²) in [6.07, 6.45) is 0.831. The lowest BCUT2D eigenvalue weighted by atomic mass is 10.1. The summed E-state index contributed by atoms with van der Waals surface area (Å²) in [7, 11) is 0. The molecule has 0 aliphatic carbocycles. The molecular formula is C18H19F2N3O2S. The highest BCUT2D eigenvalue weighted by atomic mass is 32.1. The molecule has 0 saturated carbocycles. The fourth-order valence-electron chi connectivity index (χ4n) is 2.84. The molecule has 3 rings (SSSR count). The third-order valence-electron chi connectivity index (χ3n) is 4.35. The molecule has 1 aliphatic rings. The number of hydrogen-bond donors (Lipinski definition) is 2. The molecule has 0 radical (unpaired) electrons. The van der Waals surface area contributed by atoms with E-state index in [1.807, 2.05) is 11.4 Å². The first-order valence-electron chi connectivity index (χ1n) is 8.26. The van der Waals surface area contributed by atoms with Crippen molar-refractivity contribution in [3.8, 4) is 0 Å². The number of carbonyl (C=O) groups excluding carboxylic acids is 2. The van der Waals surface area contributed by atoms with E-state index >= 15 is 0 Å². The van der Waals surface area contributed by atoms with Gasteiger partial charge in [-0.15, -0.1) is 11.3 Å². The van der Waals surface area contributed by atoms with Crippen LogP contribution in [0.15, 0.2) is 29.6 Å². The van der Waals surface area contributed by atoms with Crippen molar-refractivity contribution >= 4 is 23.3 Å². The van der Waals surface area contributed by atoms with Gasteiger partial charge in [-0.05, 0) is 48.1 Å².